The van der Waals surface area contributed by atoms with Crippen LogP contribution >= 0.6 is 11.6 Å². The van der Waals surface area contributed by atoms with Crippen LogP contribution in [-0.2, 0) is 10.0 Å². The summed E-state index contributed by atoms with van der Waals surface area (Å²) in [5.74, 6) is -1.71. The maximum atomic E-state index is 13.3. The molecule has 164 valence electrons. The van der Waals surface area contributed by atoms with Gasteiger partial charge in [0, 0.05) is 11.6 Å². The number of rotatable bonds is 8. The highest BCUT2D eigenvalue weighted by molar-refractivity contribution is 7.93. The van der Waals surface area contributed by atoms with Crippen LogP contribution in [0.25, 0.3) is 10.9 Å². The Morgan fingerprint density at radius 2 is 1.94 bits per heavy atom. The van der Waals surface area contributed by atoms with Crippen LogP contribution in [0.15, 0.2) is 23.2 Å². The molecule has 0 fully saturated rings. The summed E-state index contributed by atoms with van der Waals surface area (Å²) in [5.41, 5.74) is 0.311. The zero-order valence-corrected chi connectivity index (χ0v) is 17.5. The van der Waals surface area contributed by atoms with E-state index >= 15 is 0 Å². The van der Waals surface area contributed by atoms with Gasteiger partial charge in [-0.2, -0.15) is 19.6 Å². The third-order valence-electron chi connectivity index (χ3n) is 3.95. The van der Waals surface area contributed by atoms with Crippen LogP contribution in [0.5, 0.6) is 17.5 Å². The third-order valence-corrected chi connectivity index (χ3v) is 5.63. The van der Waals surface area contributed by atoms with Gasteiger partial charge in [-0.3, -0.25) is 0 Å². The first-order valence-corrected chi connectivity index (χ1v) is 10.2. The summed E-state index contributed by atoms with van der Waals surface area (Å²) in [6.07, 6.45) is -1.16. The molecule has 0 aliphatic rings. The number of benzene rings is 1. The highest BCUT2D eigenvalue weighted by atomic mass is 35.5. The van der Waals surface area contributed by atoms with E-state index in [4.69, 9.17) is 25.8 Å². The molecule has 0 radical (unpaired) electrons. The molecule has 2 aromatic heterocycles. The van der Waals surface area contributed by atoms with E-state index in [-0.39, 0.29) is 26.4 Å². The SMILES string of the molecule is COc1nc(NS(=O)(=O)c2c[nH]c3c(C#N)c(Cl)ccc23)nc(OC)c1OC(F)CF. The van der Waals surface area contributed by atoms with Crippen molar-refractivity contribution in [3.63, 3.8) is 0 Å². The largest absolute Gasteiger partial charge is 0.478 e. The number of nitrogens with zero attached hydrogens (tertiary/aromatic N) is 3. The number of sulfonamides is 1. The molecular weight excluding hydrogens is 460 g/mol. The van der Waals surface area contributed by atoms with E-state index in [1.165, 1.54) is 18.3 Å². The van der Waals surface area contributed by atoms with Gasteiger partial charge in [-0.15, -0.1) is 0 Å². The molecule has 1 atom stereocenters. The minimum Gasteiger partial charge on any atom is -0.478 e. The Hall–Kier alpha value is -3.37. The van der Waals surface area contributed by atoms with Gasteiger partial charge in [0.1, 0.15) is 11.0 Å². The van der Waals surface area contributed by atoms with Crippen LogP contribution in [0.4, 0.5) is 14.7 Å². The molecule has 0 bridgehead atoms. The van der Waals surface area contributed by atoms with E-state index in [1.807, 2.05) is 6.07 Å². The highest BCUT2D eigenvalue weighted by Gasteiger charge is 2.26. The van der Waals surface area contributed by atoms with Crippen molar-refractivity contribution in [1.82, 2.24) is 15.0 Å². The lowest BCUT2D eigenvalue weighted by Gasteiger charge is -2.15. The van der Waals surface area contributed by atoms with Crippen molar-refractivity contribution in [2.24, 2.45) is 0 Å². The fourth-order valence-corrected chi connectivity index (χ4v) is 3.96. The van der Waals surface area contributed by atoms with Crippen molar-refractivity contribution in [3.8, 4) is 23.6 Å². The molecule has 3 aromatic rings. The molecule has 31 heavy (non-hydrogen) atoms. The zero-order chi connectivity index (χ0) is 22.8. The number of aromatic amines is 1. The predicted molar refractivity (Wildman–Crippen MR) is 105 cm³/mol. The second-order valence-corrected chi connectivity index (χ2v) is 7.85. The number of ether oxygens (including phenoxy) is 3. The first kappa shape index (κ1) is 22.3. The van der Waals surface area contributed by atoms with Crippen molar-refractivity contribution in [3.05, 3.63) is 28.9 Å². The summed E-state index contributed by atoms with van der Waals surface area (Å²) in [6, 6.07) is 4.72. The lowest BCUT2D eigenvalue weighted by atomic mass is 10.1. The molecule has 0 spiro atoms. The van der Waals surface area contributed by atoms with E-state index in [1.54, 1.807) is 0 Å². The summed E-state index contributed by atoms with van der Waals surface area (Å²) in [5, 5.41) is 9.61. The average Bonchev–Trinajstić information content (AvgIpc) is 3.19. The van der Waals surface area contributed by atoms with Gasteiger partial charge in [-0.25, -0.2) is 17.5 Å². The summed E-state index contributed by atoms with van der Waals surface area (Å²) in [7, 11) is -1.96. The monoisotopic (exact) mass is 473 g/mol. The third kappa shape index (κ3) is 4.25. The van der Waals surface area contributed by atoms with E-state index in [2.05, 4.69) is 19.7 Å². The first-order chi connectivity index (χ1) is 14.7. The van der Waals surface area contributed by atoms with Crippen molar-refractivity contribution >= 4 is 38.5 Å². The molecule has 0 amide bonds. The van der Waals surface area contributed by atoms with Crippen molar-refractivity contribution in [2.45, 2.75) is 11.3 Å². The number of halogens is 3. The lowest BCUT2D eigenvalue weighted by Crippen LogP contribution is -2.17. The van der Waals surface area contributed by atoms with Crippen LogP contribution in [0.1, 0.15) is 5.56 Å². The normalized spacial score (nSPS) is 12.3. The molecule has 2 N–H and O–H groups in total. The molecule has 2 heterocycles. The molecule has 0 aliphatic carbocycles. The Kier molecular flexibility index (Phi) is 6.32. The fraction of sp³-hybridized carbons (Fsp3) is 0.235. The van der Waals surface area contributed by atoms with Gasteiger partial charge in [0.25, 0.3) is 28.1 Å². The van der Waals surface area contributed by atoms with Crippen LogP contribution in [0.2, 0.25) is 5.02 Å². The van der Waals surface area contributed by atoms with E-state index in [0.29, 0.717) is 0 Å². The standard InChI is InChI=1S/C17H14ClF2N5O5S/c1-28-15-14(30-12(20)5-19)16(29-2)24-17(23-15)25-31(26,27)11-7-22-13-8(11)3-4-10(18)9(13)6-21/h3-4,7,12,22H,5H2,1-2H3,(H,23,24,25). The first-order valence-electron chi connectivity index (χ1n) is 8.34. The Labute approximate surface area is 179 Å². The number of hydrogen-bond acceptors (Lipinski definition) is 8. The number of nitriles is 1. The molecule has 1 unspecified atom stereocenters. The number of methoxy groups -OCH3 is 2. The van der Waals surface area contributed by atoms with Gasteiger partial charge < -0.3 is 19.2 Å². The Balaban J connectivity index is 2.04. The van der Waals surface area contributed by atoms with Crippen LogP contribution in [0.3, 0.4) is 0 Å². The molecule has 0 saturated carbocycles. The maximum Gasteiger partial charge on any atom is 0.267 e. The molecule has 0 aliphatic heterocycles. The smallest absolute Gasteiger partial charge is 0.267 e. The molecule has 1 aromatic carbocycles. The molecule has 0 saturated heterocycles. The number of aromatic nitrogens is 3. The number of nitrogens with one attached hydrogen (secondary N) is 2. The Bertz CT molecular complexity index is 1250. The zero-order valence-electron chi connectivity index (χ0n) is 15.9. The van der Waals surface area contributed by atoms with Crippen molar-refractivity contribution < 1.29 is 31.4 Å². The van der Waals surface area contributed by atoms with Gasteiger partial charge in [-0.05, 0) is 12.1 Å². The minimum atomic E-state index is -4.27. The van der Waals surface area contributed by atoms with E-state index < -0.39 is 46.5 Å². The van der Waals surface area contributed by atoms with Gasteiger partial charge >= 0.3 is 0 Å². The second kappa shape index (κ2) is 8.78. The lowest BCUT2D eigenvalue weighted by molar-refractivity contribution is 0.0373. The number of alkyl halides is 2. The summed E-state index contributed by atoms with van der Waals surface area (Å²) >= 11 is 5.97. The molecular formula is C17H14ClF2N5O5S. The van der Waals surface area contributed by atoms with Crippen molar-refractivity contribution in [2.75, 3.05) is 25.6 Å². The Morgan fingerprint density at radius 3 is 2.48 bits per heavy atom. The van der Waals surface area contributed by atoms with Crippen LogP contribution in [-0.4, -0.2) is 50.6 Å². The van der Waals surface area contributed by atoms with E-state index in [9.17, 15) is 22.5 Å². The van der Waals surface area contributed by atoms with Gasteiger partial charge in [0.05, 0.1) is 30.3 Å². The van der Waals surface area contributed by atoms with Gasteiger partial charge in [0.15, 0.2) is 6.67 Å². The topological polar surface area (TPSA) is 139 Å². The van der Waals surface area contributed by atoms with Gasteiger partial charge in [0.2, 0.25) is 11.7 Å². The predicted octanol–water partition coefficient (Wildman–Crippen LogP) is 2.94. The quantitative estimate of drug-likeness (QED) is 0.509. The number of hydrogen-bond donors (Lipinski definition) is 2. The Morgan fingerprint density at radius 1 is 1.29 bits per heavy atom. The number of anilines is 1. The summed E-state index contributed by atoms with van der Waals surface area (Å²) < 4.78 is 68.4. The second-order valence-electron chi connectivity index (χ2n) is 5.79. The van der Waals surface area contributed by atoms with Crippen LogP contribution < -0.4 is 18.9 Å². The highest BCUT2D eigenvalue weighted by Crippen LogP contribution is 2.37. The molecule has 14 heteroatoms. The van der Waals surface area contributed by atoms with Gasteiger partial charge in [-0.1, -0.05) is 11.6 Å². The molecule has 3 rings (SSSR count). The summed E-state index contributed by atoms with van der Waals surface area (Å²) in [4.78, 5) is 10.1. The summed E-state index contributed by atoms with van der Waals surface area (Å²) in [6.45, 7) is -1.45. The minimum absolute atomic E-state index is 0.0790. The van der Waals surface area contributed by atoms with Crippen molar-refractivity contribution in [1.29, 1.82) is 5.26 Å². The number of H-pyrrole nitrogens is 1. The van der Waals surface area contributed by atoms with Crippen LogP contribution in [0, 0.1) is 11.3 Å². The van der Waals surface area contributed by atoms with E-state index in [0.717, 1.165) is 14.2 Å². The fourth-order valence-electron chi connectivity index (χ4n) is 2.65. The average molecular weight is 474 g/mol. The number of fused-ring (bicyclic) bond motifs is 1. The molecule has 10 nitrogen and oxygen atoms in total. The maximum absolute atomic E-state index is 13.3.